The third-order valence-corrected chi connectivity index (χ3v) is 6.43. The Morgan fingerprint density at radius 1 is 1.19 bits per heavy atom. The van der Waals surface area contributed by atoms with Gasteiger partial charge in [0.05, 0.1) is 17.4 Å². The first-order valence-electron chi connectivity index (χ1n) is 7.93. The monoisotopic (exact) mass is 392 g/mol. The van der Waals surface area contributed by atoms with Gasteiger partial charge in [-0.15, -0.1) is 0 Å². The maximum absolute atomic E-state index is 12.3. The molecule has 1 heterocycles. The summed E-state index contributed by atoms with van der Waals surface area (Å²) in [6, 6.07) is 11.0. The molecule has 1 N–H and O–H groups in total. The Labute approximate surface area is 156 Å². The number of aryl methyl sites for hydroxylation is 1. The summed E-state index contributed by atoms with van der Waals surface area (Å²) in [5.41, 5.74) is 2.03. The summed E-state index contributed by atoms with van der Waals surface area (Å²) < 4.78 is 25.0. The second-order valence-electron chi connectivity index (χ2n) is 6.25. The molecule has 1 atom stereocenters. The molecule has 0 aromatic heterocycles. The van der Waals surface area contributed by atoms with Crippen molar-refractivity contribution in [2.75, 3.05) is 15.4 Å². The van der Waals surface area contributed by atoms with E-state index in [0.717, 1.165) is 9.87 Å². The van der Waals surface area contributed by atoms with Crippen LogP contribution in [0.3, 0.4) is 0 Å². The smallest absolute Gasteiger partial charge is 0.255 e. The lowest BCUT2D eigenvalue weighted by Crippen LogP contribution is -2.30. The number of anilines is 2. The minimum atomic E-state index is -3.66. The van der Waals surface area contributed by atoms with Crippen molar-refractivity contribution >= 4 is 44.8 Å². The molecule has 0 saturated carbocycles. The normalized spacial score (nSPS) is 18.8. The zero-order valence-electron chi connectivity index (χ0n) is 14.2. The maximum Gasteiger partial charge on any atom is 0.255 e. The molecule has 3 rings (SSSR count). The van der Waals surface area contributed by atoms with Gasteiger partial charge in [-0.1, -0.05) is 24.6 Å². The first-order chi connectivity index (χ1) is 12.2. The predicted molar refractivity (Wildman–Crippen MR) is 101 cm³/mol. The fraction of sp³-hybridized carbons (Fsp3) is 0.222. The number of carbonyl (C=O) groups excluding carboxylic acids is 2. The largest absolute Gasteiger partial charge is 0.322 e. The Hall–Kier alpha value is -2.38. The van der Waals surface area contributed by atoms with Gasteiger partial charge < -0.3 is 5.32 Å². The summed E-state index contributed by atoms with van der Waals surface area (Å²) in [5.74, 6) is -1.60. The van der Waals surface area contributed by atoms with E-state index < -0.39 is 21.8 Å². The number of sulfonamides is 1. The molecule has 26 heavy (non-hydrogen) atoms. The summed E-state index contributed by atoms with van der Waals surface area (Å²) in [6.45, 7) is 3.44. The zero-order chi connectivity index (χ0) is 19.1. The summed E-state index contributed by atoms with van der Waals surface area (Å²) in [4.78, 5) is 24.4. The van der Waals surface area contributed by atoms with E-state index >= 15 is 0 Å². The quantitative estimate of drug-likeness (QED) is 0.869. The molecule has 1 aliphatic heterocycles. The Balaban J connectivity index is 1.80. The van der Waals surface area contributed by atoms with Crippen LogP contribution in [-0.4, -0.2) is 26.0 Å². The van der Waals surface area contributed by atoms with E-state index in [0.29, 0.717) is 16.3 Å². The van der Waals surface area contributed by atoms with Crippen LogP contribution in [-0.2, 0) is 14.8 Å². The third-order valence-electron chi connectivity index (χ3n) is 4.15. The molecule has 8 heteroatoms. The van der Waals surface area contributed by atoms with Crippen molar-refractivity contribution in [2.45, 2.75) is 13.8 Å². The molecule has 1 fully saturated rings. The van der Waals surface area contributed by atoms with Crippen LogP contribution in [0.15, 0.2) is 42.5 Å². The zero-order valence-corrected chi connectivity index (χ0v) is 15.8. The Morgan fingerprint density at radius 2 is 1.85 bits per heavy atom. The van der Waals surface area contributed by atoms with E-state index in [4.69, 9.17) is 11.6 Å². The second kappa shape index (κ2) is 6.74. The lowest BCUT2D eigenvalue weighted by molar-refractivity contribution is -0.119. The van der Waals surface area contributed by atoms with E-state index in [1.54, 1.807) is 25.1 Å². The first kappa shape index (κ1) is 18.4. The molecule has 2 amide bonds. The molecule has 0 spiro atoms. The predicted octanol–water partition coefficient (Wildman–Crippen LogP) is 3.21. The van der Waals surface area contributed by atoms with Crippen LogP contribution in [0.1, 0.15) is 22.8 Å². The number of rotatable bonds is 3. The molecule has 2 aromatic rings. The lowest BCUT2D eigenvalue weighted by Gasteiger charge is -2.15. The van der Waals surface area contributed by atoms with Crippen LogP contribution < -0.4 is 9.62 Å². The molecule has 136 valence electrons. The fourth-order valence-corrected chi connectivity index (χ4v) is 4.71. The van der Waals surface area contributed by atoms with Gasteiger partial charge in [-0.3, -0.25) is 9.59 Å². The van der Waals surface area contributed by atoms with Crippen LogP contribution in [0.4, 0.5) is 11.4 Å². The molecular formula is C18H17ClN2O4S. The Morgan fingerprint density at radius 3 is 2.38 bits per heavy atom. The average Bonchev–Trinajstić information content (AvgIpc) is 2.78. The standard InChI is InChI=1S/C18H17ClN2O4S/c1-11-3-6-14(9-16(11)19)20-17(22)13-4-7-15(8-5-13)21-18(23)12(2)10-26(21,24)25/h3-9,12H,10H2,1-2H3,(H,20,22)/t12-/m1/s1. The van der Waals surface area contributed by atoms with Crippen molar-refractivity contribution in [3.63, 3.8) is 0 Å². The molecule has 1 saturated heterocycles. The van der Waals surface area contributed by atoms with Gasteiger partial charge in [-0.05, 0) is 48.9 Å². The van der Waals surface area contributed by atoms with Gasteiger partial charge in [-0.25, -0.2) is 12.7 Å². The van der Waals surface area contributed by atoms with Gasteiger partial charge in [0.25, 0.3) is 5.91 Å². The van der Waals surface area contributed by atoms with Gasteiger partial charge in [0.2, 0.25) is 15.9 Å². The van der Waals surface area contributed by atoms with Gasteiger partial charge in [0.1, 0.15) is 0 Å². The van der Waals surface area contributed by atoms with Crippen molar-refractivity contribution < 1.29 is 18.0 Å². The van der Waals surface area contributed by atoms with Crippen molar-refractivity contribution in [2.24, 2.45) is 5.92 Å². The Kier molecular flexibility index (Phi) is 4.77. The summed E-state index contributed by atoms with van der Waals surface area (Å²) >= 11 is 6.04. The van der Waals surface area contributed by atoms with E-state index in [-0.39, 0.29) is 17.3 Å². The van der Waals surface area contributed by atoms with Crippen molar-refractivity contribution in [1.29, 1.82) is 0 Å². The second-order valence-corrected chi connectivity index (χ2v) is 8.52. The average molecular weight is 393 g/mol. The third kappa shape index (κ3) is 3.45. The minimum Gasteiger partial charge on any atom is -0.322 e. The topological polar surface area (TPSA) is 83.6 Å². The van der Waals surface area contributed by atoms with Gasteiger partial charge in [-0.2, -0.15) is 0 Å². The number of nitrogens with zero attached hydrogens (tertiary/aromatic N) is 1. The number of hydrogen-bond acceptors (Lipinski definition) is 4. The van der Waals surface area contributed by atoms with Crippen molar-refractivity contribution in [1.82, 2.24) is 0 Å². The lowest BCUT2D eigenvalue weighted by atomic mass is 10.1. The molecule has 1 aliphatic rings. The number of hydrogen-bond donors (Lipinski definition) is 1. The fourth-order valence-electron chi connectivity index (χ4n) is 2.71. The van der Waals surface area contributed by atoms with Gasteiger partial charge in [0, 0.05) is 16.3 Å². The van der Waals surface area contributed by atoms with Crippen LogP contribution >= 0.6 is 11.6 Å². The van der Waals surface area contributed by atoms with Gasteiger partial charge in [0.15, 0.2) is 0 Å². The highest BCUT2D eigenvalue weighted by Crippen LogP contribution is 2.28. The van der Waals surface area contributed by atoms with E-state index in [1.165, 1.54) is 24.3 Å². The first-order valence-corrected chi connectivity index (χ1v) is 9.92. The Bertz CT molecular complexity index is 987. The number of nitrogens with one attached hydrogen (secondary N) is 1. The molecule has 6 nitrogen and oxygen atoms in total. The van der Waals surface area contributed by atoms with Crippen molar-refractivity contribution in [3.05, 3.63) is 58.6 Å². The maximum atomic E-state index is 12.3. The van der Waals surface area contributed by atoms with Gasteiger partial charge >= 0.3 is 0 Å². The highest BCUT2D eigenvalue weighted by atomic mass is 35.5. The van der Waals surface area contributed by atoms with Crippen LogP contribution in [0.25, 0.3) is 0 Å². The van der Waals surface area contributed by atoms with Crippen molar-refractivity contribution in [3.8, 4) is 0 Å². The SMILES string of the molecule is Cc1ccc(NC(=O)c2ccc(N3C(=O)[C@H](C)CS3(=O)=O)cc2)cc1Cl. The molecular weight excluding hydrogens is 376 g/mol. The molecule has 2 aromatic carbocycles. The number of benzene rings is 2. The summed E-state index contributed by atoms with van der Waals surface area (Å²) in [6.07, 6.45) is 0. The highest BCUT2D eigenvalue weighted by Gasteiger charge is 2.41. The van der Waals surface area contributed by atoms with E-state index in [1.807, 2.05) is 6.92 Å². The molecule has 0 bridgehead atoms. The number of carbonyl (C=O) groups is 2. The molecule has 0 unspecified atom stereocenters. The number of halogens is 1. The van der Waals surface area contributed by atoms with Crippen LogP contribution in [0.5, 0.6) is 0 Å². The minimum absolute atomic E-state index is 0.206. The van der Waals surface area contributed by atoms with E-state index in [9.17, 15) is 18.0 Å². The summed E-state index contributed by atoms with van der Waals surface area (Å²) in [5, 5.41) is 3.27. The molecule has 0 aliphatic carbocycles. The van der Waals surface area contributed by atoms with Crippen LogP contribution in [0, 0.1) is 12.8 Å². The molecule has 0 radical (unpaired) electrons. The highest BCUT2D eigenvalue weighted by molar-refractivity contribution is 7.94. The van der Waals surface area contributed by atoms with E-state index in [2.05, 4.69) is 5.32 Å². The number of amides is 2. The summed E-state index contributed by atoms with van der Waals surface area (Å²) in [7, 11) is -3.66. The van der Waals surface area contributed by atoms with Crippen LogP contribution in [0.2, 0.25) is 5.02 Å².